The average molecular weight is 405 g/mol. The predicted octanol–water partition coefficient (Wildman–Crippen LogP) is 0.937. The van der Waals surface area contributed by atoms with E-state index in [0.717, 1.165) is 12.8 Å². The van der Waals surface area contributed by atoms with Crippen molar-refractivity contribution in [3.63, 3.8) is 0 Å². The minimum absolute atomic E-state index is 0.0113. The van der Waals surface area contributed by atoms with Gasteiger partial charge < -0.3 is 9.47 Å². The molecular weight excluding hydrogens is 380 g/mol. The van der Waals surface area contributed by atoms with Gasteiger partial charge in [-0.1, -0.05) is 0 Å². The van der Waals surface area contributed by atoms with Crippen LogP contribution < -0.4 is 14.2 Å². The molecule has 2 aliphatic heterocycles. The highest BCUT2D eigenvalue weighted by Gasteiger charge is 2.46. The maximum atomic E-state index is 12.9. The molecule has 2 bridgehead atoms. The van der Waals surface area contributed by atoms with Gasteiger partial charge in [-0.15, -0.1) is 0 Å². The Morgan fingerprint density at radius 3 is 2.15 bits per heavy atom. The molecule has 0 aliphatic carbocycles. The standard InChI is InChI=1S/C16H24N2O6S2/c1-23-14-6-7-15(24-2)16(10-14)26(21,22)17-11-8-12-4-5-13(9-11)18(12)25(3,19)20/h6-7,10-13,17H,4-5,8-9H2,1-3H3. The minimum Gasteiger partial charge on any atom is -0.497 e. The van der Waals surface area contributed by atoms with Gasteiger partial charge in [0.15, 0.2) is 0 Å². The Morgan fingerprint density at radius 2 is 1.65 bits per heavy atom. The van der Waals surface area contributed by atoms with Crippen LogP contribution in [0, 0.1) is 0 Å². The van der Waals surface area contributed by atoms with Crippen LogP contribution in [-0.2, 0) is 20.0 Å². The molecule has 0 aromatic heterocycles. The number of piperidine rings is 1. The zero-order chi connectivity index (χ0) is 19.1. The van der Waals surface area contributed by atoms with Crippen LogP contribution in [-0.4, -0.2) is 59.7 Å². The van der Waals surface area contributed by atoms with E-state index in [1.165, 1.54) is 26.5 Å². The van der Waals surface area contributed by atoms with E-state index in [4.69, 9.17) is 9.47 Å². The number of nitrogens with one attached hydrogen (secondary N) is 1. The third-order valence-corrected chi connectivity index (χ3v) is 7.94. The molecule has 1 aromatic carbocycles. The van der Waals surface area contributed by atoms with Crippen molar-refractivity contribution < 1.29 is 26.3 Å². The molecule has 2 aliphatic rings. The molecule has 146 valence electrons. The number of hydrogen-bond acceptors (Lipinski definition) is 6. The lowest BCUT2D eigenvalue weighted by Crippen LogP contribution is -2.52. The molecule has 10 heteroatoms. The Kier molecular flexibility index (Phi) is 5.22. The molecule has 2 heterocycles. The normalized spacial score (nSPS) is 26.7. The number of ether oxygens (including phenoxy) is 2. The number of methoxy groups -OCH3 is 2. The van der Waals surface area contributed by atoms with Crippen LogP contribution >= 0.6 is 0 Å². The first-order valence-electron chi connectivity index (χ1n) is 8.38. The molecular formula is C16H24N2O6S2. The molecule has 26 heavy (non-hydrogen) atoms. The fraction of sp³-hybridized carbons (Fsp3) is 0.625. The van der Waals surface area contributed by atoms with E-state index in [9.17, 15) is 16.8 Å². The quantitative estimate of drug-likeness (QED) is 0.757. The zero-order valence-electron chi connectivity index (χ0n) is 15.0. The van der Waals surface area contributed by atoms with E-state index in [-0.39, 0.29) is 28.8 Å². The van der Waals surface area contributed by atoms with Crippen molar-refractivity contribution >= 4 is 20.0 Å². The van der Waals surface area contributed by atoms with Crippen molar-refractivity contribution in [2.75, 3.05) is 20.5 Å². The van der Waals surface area contributed by atoms with Gasteiger partial charge >= 0.3 is 0 Å². The largest absolute Gasteiger partial charge is 0.497 e. The molecule has 2 unspecified atom stereocenters. The molecule has 2 fully saturated rings. The molecule has 0 saturated carbocycles. The van der Waals surface area contributed by atoms with E-state index in [1.54, 1.807) is 16.4 Å². The highest BCUT2D eigenvalue weighted by atomic mass is 32.2. The van der Waals surface area contributed by atoms with Gasteiger partial charge in [-0.2, -0.15) is 4.31 Å². The second kappa shape index (κ2) is 6.99. The molecule has 2 saturated heterocycles. The van der Waals surface area contributed by atoms with Crippen molar-refractivity contribution in [2.45, 2.75) is 48.7 Å². The second-order valence-electron chi connectivity index (χ2n) is 6.78. The summed E-state index contributed by atoms with van der Waals surface area (Å²) >= 11 is 0. The van der Waals surface area contributed by atoms with E-state index in [2.05, 4.69) is 4.72 Å². The van der Waals surface area contributed by atoms with Crippen LogP contribution in [0.2, 0.25) is 0 Å². The Morgan fingerprint density at radius 1 is 1.04 bits per heavy atom. The van der Waals surface area contributed by atoms with Gasteiger partial charge in [0.2, 0.25) is 20.0 Å². The van der Waals surface area contributed by atoms with Crippen molar-refractivity contribution in [3.05, 3.63) is 18.2 Å². The lowest BCUT2D eigenvalue weighted by atomic mass is 10.0. The third-order valence-electron chi connectivity index (χ3n) is 5.03. The first-order chi connectivity index (χ1) is 12.2. The van der Waals surface area contributed by atoms with Gasteiger partial charge in [0.1, 0.15) is 16.4 Å². The summed E-state index contributed by atoms with van der Waals surface area (Å²) in [5.74, 6) is 0.646. The van der Waals surface area contributed by atoms with E-state index in [1.807, 2.05) is 0 Å². The second-order valence-corrected chi connectivity index (χ2v) is 10.4. The van der Waals surface area contributed by atoms with E-state index in [0.29, 0.717) is 18.6 Å². The molecule has 2 atom stereocenters. The summed E-state index contributed by atoms with van der Waals surface area (Å²) in [5, 5.41) is 0. The maximum Gasteiger partial charge on any atom is 0.244 e. The SMILES string of the molecule is COc1ccc(OC)c(S(=O)(=O)NC2CC3CCC(C2)N3S(C)(=O)=O)c1. The van der Waals surface area contributed by atoms with Gasteiger partial charge in [-0.25, -0.2) is 21.6 Å². The molecule has 0 radical (unpaired) electrons. The summed E-state index contributed by atoms with van der Waals surface area (Å²) < 4.78 is 64.3. The summed E-state index contributed by atoms with van der Waals surface area (Å²) in [6.45, 7) is 0. The van der Waals surface area contributed by atoms with E-state index >= 15 is 0 Å². The first-order valence-corrected chi connectivity index (χ1v) is 11.7. The Balaban J connectivity index is 1.82. The summed E-state index contributed by atoms with van der Waals surface area (Å²) in [6, 6.07) is 3.98. The number of hydrogen-bond donors (Lipinski definition) is 1. The van der Waals surface area contributed by atoms with Crippen LogP contribution in [0.5, 0.6) is 11.5 Å². The third kappa shape index (κ3) is 3.68. The smallest absolute Gasteiger partial charge is 0.244 e. The molecule has 0 spiro atoms. The summed E-state index contributed by atoms with van der Waals surface area (Å²) in [4.78, 5) is 0.0113. The highest BCUT2D eigenvalue weighted by molar-refractivity contribution is 7.89. The zero-order valence-corrected chi connectivity index (χ0v) is 16.6. The van der Waals surface area contributed by atoms with Crippen LogP contribution in [0.3, 0.4) is 0 Å². The van der Waals surface area contributed by atoms with Crippen LogP contribution in [0.4, 0.5) is 0 Å². The van der Waals surface area contributed by atoms with Crippen molar-refractivity contribution in [3.8, 4) is 11.5 Å². The average Bonchev–Trinajstić information content (AvgIpc) is 2.86. The Bertz CT molecular complexity index is 870. The van der Waals surface area contributed by atoms with Gasteiger partial charge in [-0.05, 0) is 37.8 Å². The van der Waals surface area contributed by atoms with Crippen LogP contribution in [0.1, 0.15) is 25.7 Å². The number of rotatable bonds is 6. The number of nitrogens with zero attached hydrogens (tertiary/aromatic N) is 1. The first kappa shape index (κ1) is 19.4. The summed E-state index contributed by atoms with van der Waals surface area (Å²) in [5.41, 5.74) is 0. The Hall–Kier alpha value is -1.36. The fourth-order valence-electron chi connectivity index (χ4n) is 4.05. The lowest BCUT2D eigenvalue weighted by Gasteiger charge is -2.37. The molecule has 8 nitrogen and oxygen atoms in total. The summed E-state index contributed by atoms with van der Waals surface area (Å²) in [6.07, 6.45) is 3.67. The molecule has 0 amide bonds. The number of benzene rings is 1. The molecule has 3 rings (SSSR count). The fourth-order valence-corrected chi connectivity index (χ4v) is 6.96. The molecule has 1 N–H and O–H groups in total. The minimum atomic E-state index is -3.83. The lowest BCUT2D eigenvalue weighted by molar-refractivity contribution is 0.221. The van der Waals surface area contributed by atoms with Gasteiger partial charge in [0.05, 0.1) is 20.5 Å². The Labute approximate surface area is 154 Å². The monoisotopic (exact) mass is 404 g/mol. The predicted molar refractivity (Wildman–Crippen MR) is 96.4 cm³/mol. The van der Waals surface area contributed by atoms with E-state index < -0.39 is 20.0 Å². The summed E-state index contributed by atoms with van der Waals surface area (Å²) in [7, 11) is -4.24. The van der Waals surface area contributed by atoms with Gasteiger partial charge in [0, 0.05) is 24.2 Å². The van der Waals surface area contributed by atoms with Crippen molar-refractivity contribution in [1.82, 2.24) is 9.03 Å². The van der Waals surface area contributed by atoms with Crippen LogP contribution in [0.15, 0.2) is 23.1 Å². The van der Waals surface area contributed by atoms with Gasteiger partial charge in [-0.3, -0.25) is 0 Å². The van der Waals surface area contributed by atoms with Crippen molar-refractivity contribution in [1.29, 1.82) is 0 Å². The number of fused-ring (bicyclic) bond motifs is 2. The molecule has 1 aromatic rings. The number of sulfonamides is 2. The van der Waals surface area contributed by atoms with Crippen molar-refractivity contribution in [2.24, 2.45) is 0 Å². The topological polar surface area (TPSA) is 102 Å². The maximum absolute atomic E-state index is 12.9. The van der Waals surface area contributed by atoms with Crippen LogP contribution in [0.25, 0.3) is 0 Å². The van der Waals surface area contributed by atoms with Gasteiger partial charge in [0.25, 0.3) is 0 Å². The highest BCUT2D eigenvalue weighted by Crippen LogP contribution is 2.38.